The second kappa shape index (κ2) is 6.95. The molecule has 9 nitrogen and oxygen atoms in total. The second-order valence-corrected chi connectivity index (χ2v) is 5.37. The number of para-hydroxylation sites is 1. The summed E-state index contributed by atoms with van der Waals surface area (Å²) in [6.07, 6.45) is 0. The number of aryl methyl sites for hydroxylation is 1. The standard InChI is InChI=1S/C16H16N6O3/c1-10-15(22(24)25)14(21-20-10)16(23)18-9-8-17-13-7-6-11-4-2-3-5-12(11)19-13/h2-7H,8-9H2,1H3,(H,17,19)(H,18,23)(H,20,21). The lowest BCUT2D eigenvalue weighted by molar-refractivity contribution is -0.385. The van der Waals surface area contributed by atoms with E-state index >= 15 is 0 Å². The molecule has 1 aromatic carbocycles. The molecule has 3 N–H and O–H groups in total. The average Bonchev–Trinajstić information content (AvgIpc) is 3.00. The van der Waals surface area contributed by atoms with E-state index in [1.165, 1.54) is 6.92 Å². The summed E-state index contributed by atoms with van der Waals surface area (Å²) in [5.41, 5.74) is 0.598. The highest BCUT2D eigenvalue weighted by atomic mass is 16.6. The van der Waals surface area contributed by atoms with Crippen molar-refractivity contribution in [1.82, 2.24) is 20.5 Å². The molecule has 0 atom stereocenters. The number of rotatable bonds is 6. The van der Waals surface area contributed by atoms with Gasteiger partial charge >= 0.3 is 5.69 Å². The van der Waals surface area contributed by atoms with Crippen molar-refractivity contribution in [1.29, 1.82) is 0 Å². The number of pyridine rings is 1. The number of nitrogens with zero attached hydrogens (tertiary/aromatic N) is 3. The van der Waals surface area contributed by atoms with Crippen LogP contribution >= 0.6 is 0 Å². The molecule has 0 saturated heterocycles. The third-order valence-electron chi connectivity index (χ3n) is 3.63. The lowest BCUT2D eigenvalue weighted by Gasteiger charge is -2.07. The fourth-order valence-electron chi connectivity index (χ4n) is 2.42. The second-order valence-electron chi connectivity index (χ2n) is 5.37. The van der Waals surface area contributed by atoms with E-state index in [1.807, 2.05) is 36.4 Å². The molecule has 0 saturated carbocycles. The number of fused-ring (bicyclic) bond motifs is 1. The molecule has 0 fully saturated rings. The van der Waals surface area contributed by atoms with Crippen molar-refractivity contribution in [3.8, 4) is 0 Å². The van der Waals surface area contributed by atoms with E-state index in [1.54, 1.807) is 0 Å². The largest absolute Gasteiger partial charge is 0.368 e. The van der Waals surface area contributed by atoms with E-state index in [2.05, 4.69) is 25.8 Å². The zero-order chi connectivity index (χ0) is 17.8. The van der Waals surface area contributed by atoms with E-state index in [-0.39, 0.29) is 23.6 Å². The predicted octanol–water partition coefficient (Wildman–Crippen LogP) is 2.02. The number of nitrogens with one attached hydrogen (secondary N) is 3. The number of H-pyrrole nitrogens is 1. The van der Waals surface area contributed by atoms with E-state index in [0.29, 0.717) is 12.4 Å². The van der Waals surface area contributed by atoms with Crippen LogP contribution in [0, 0.1) is 17.0 Å². The quantitative estimate of drug-likeness (QED) is 0.358. The van der Waals surface area contributed by atoms with Gasteiger partial charge < -0.3 is 10.6 Å². The summed E-state index contributed by atoms with van der Waals surface area (Å²) < 4.78 is 0. The Hall–Kier alpha value is -3.49. The van der Waals surface area contributed by atoms with Gasteiger partial charge in [-0.1, -0.05) is 18.2 Å². The fourth-order valence-corrected chi connectivity index (χ4v) is 2.42. The lowest BCUT2D eigenvalue weighted by Crippen LogP contribution is -2.29. The van der Waals surface area contributed by atoms with Crippen molar-refractivity contribution >= 4 is 28.3 Å². The predicted molar refractivity (Wildman–Crippen MR) is 92.5 cm³/mol. The van der Waals surface area contributed by atoms with E-state index in [9.17, 15) is 14.9 Å². The van der Waals surface area contributed by atoms with Crippen molar-refractivity contribution in [3.05, 3.63) is 57.9 Å². The zero-order valence-corrected chi connectivity index (χ0v) is 13.4. The number of carbonyl (C=O) groups is 1. The molecule has 1 amide bonds. The summed E-state index contributed by atoms with van der Waals surface area (Å²) in [4.78, 5) is 26.8. The molecule has 0 radical (unpaired) electrons. The zero-order valence-electron chi connectivity index (χ0n) is 13.4. The average molecular weight is 340 g/mol. The van der Waals surface area contributed by atoms with E-state index in [0.717, 1.165) is 10.9 Å². The molecular formula is C16H16N6O3. The van der Waals surface area contributed by atoms with Gasteiger partial charge in [-0.05, 0) is 25.1 Å². The van der Waals surface area contributed by atoms with Gasteiger partial charge in [-0.15, -0.1) is 0 Å². The van der Waals surface area contributed by atoms with Crippen LogP contribution in [0.5, 0.6) is 0 Å². The SMILES string of the molecule is Cc1[nH]nc(C(=O)NCCNc2ccc3ccccc3n2)c1[N+](=O)[O-]. The van der Waals surface area contributed by atoms with Gasteiger partial charge in [0.1, 0.15) is 11.5 Å². The van der Waals surface area contributed by atoms with Crippen molar-refractivity contribution in [2.75, 3.05) is 18.4 Å². The van der Waals surface area contributed by atoms with Crippen LogP contribution in [0.15, 0.2) is 36.4 Å². The molecule has 0 spiro atoms. The van der Waals surface area contributed by atoms with E-state index in [4.69, 9.17) is 0 Å². The molecule has 25 heavy (non-hydrogen) atoms. The topological polar surface area (TPSA) is 126 Å². The van der Waals surface area contributed by atoms with Gasteiger partial charge in [-0.25, -0.2) is 4.98 Å². The molecule has 0 unspecified atom stereocenters. The van der Waals surface area contributed by atoms with Crippen LogP contribution in [0.1, 0.15) is 16.2 Å². The number of nitro groups is 1. The Kier molecular flexibility index (Phi) is 4.55. The summed E-state index contributed by atoms with van der Waals surface area (Å²) >= 11 is 0. The minimum absolute atomic E-state index is 0.216. The summed E-state index contributed by atoms with van der Waals surface area (Å²) in [7, 11) is 0. The van der Waals surface area contributed by atoms with Gasteiger partial charge in [0.25, 0.3) is 5.91 Å². The highest BCUT2D eigenvalue weighted by Crippen LogP contribution is 2.19. The third-order valence-corrected chi connectivity index (χ3v) is 3.63. The maximum Gasteiger partial charge on any atom is 0.322 e. The summed E-state index contributed by atoms with van der Waals surface area (Å²) in [6.45, 7) is 2.19. The number of aromatic nitrogens is 3. The van der Waals surface area contributed by atoms with Crippen LogP contribution in [0.4, 0.5) is 11.5 Å². The summed E-state index contributed by atoms with van der Waals surface area (Å²) in [5, 5.41) is 23.9. The first-order valence-electron chi connectivity index (χ1n) is 7.63. The Balaban J connectivity index is 1.56. The number of anilines is 1. The van der Waals surface area contributed by atoms with Gasteiger partial charge in [-0.2, -0.15) is 5.10 Å². The molecule has 2 heterocycles. The minimum atomic E-state index is -0.620. The van der Waals surface area contributed by atoms with Crippen molar-refractivity contribution in [3.63, 3.8) is 0 Å². The Morgan fingerprint density at radius 3 is 2.84 bits per heavy atom. The van der Waals surface area contributed by atoms with Crippen LogP contribution in [-0.2, 0) is 0 Å². The number of benzene rings is 1. The first-order chi connectivity index (χ1) is 12.1. The Morgan fingerprint density at radius 2 is 2.04 bits per heavy atom. The van der Waals surface area contributed by atoms with Crippen LogP contribution < -0.4 is 10.6 Å². The summed E-state index contributed by atoms with van der Waals surface area (Å²) in [5.74, 6) is 0.0962. The molecule has 128 valence electrons. The first-order valence-corrected chi connectivity index (χ1v) is 7.63. The molecule has 3 rings (SSSR count). The lowest BCUT2D eigenvalue weighted by atomic mass is 10.2. The van der Waals surface area contributed by atoms with Crippen LogP contribution in [-0.4, -0.2) is 39.1 Å². The Labute approximate surface area is 142 Å². The monoisotopic (exact) mass is 340 g/mol. The number of hydrogen-bond acceptors (Lipinski definition) is 6. The number of aromatic amines is 1. The molecule has 3 aromatic rings. The van der Waals surface area contributed by atoms with Gasteiger partial charge in [0.05, 0.1) is 10.4 Å². The van der Waals surface area contributed by atoms with Gasteiger partial charge in [0.2, 0.25) is 5.69 Å². The number of carbonyl (C=O) groups excluding carboxylic acids is 1. The number of amides is 1. The summed E-state index contributed by atoms with van der Waals surface area (Å²) in [6, 6.07) is 11.6. The normalized spacial score (nSPS) is 10.6. The van der Waals surface area contributed by atoms with Crippen LogP contribution in [0.25, 0.3) is 10.9 Å². The van der Waals surface area contributed by atoms with Gasteiger partial charge in [-0.3, -0.25) is 20.0 Å². The fraction of sp³-hybridized carbons (Fsp3) is 0.188. The third kappa shape index (κ3) is 3.55. The van der Waals surface area contributed by atoms with Crippen LogP contribution in [0.3, 0.4) is 0 Å². The van der Waals surface area contributed by atoms with E-state index < -0.39 is 10.8 Å². The minimum Gasteiger partial charge on any atom is -0.368 e. The van der Waals surface area contributed by atoms with Crippen molar-refractivity contribution in [2.45, 2.75) is 6.92 Å². The molecular weight excluding hydrogens is 324 g/mol. The molecule has 0 bridgehead atoms. The highest BCUT2D eigenvalue weighted by Gasteiger charge is 2.26. The molecule has 0 aliphatic carbocycles. The molecule has 0 aliphatic rings. The van der Waals surface area contributed by atoms with Crippen molar-refractivity contribution < 1.29 is 9.72 Å². The maximum atomic E-state index is 12.0. The highest BCUT2D eigenvalue weighted by molar-refractivity contribution is 5.96. The first kappa shape index (κ1) is 16.4. The molecule has 9 heteroatoms. The molecule has 2 aromatic heterocycles. The van der Waals surface area contributed by atoms with Gasteiger partial charge in [0, 0.05) is 18.5 Å². The van der Waals surface area contributed by atoms with Crippen molar-refractivity contribution in [2.24, 2.45) is 0 Å². The Bertz CT molecular complexity index is 937. The van der Waals surface area contributed by atoms with Gasteiger partial charge in [0.15, 0.2) is 0 Å². The smallest absolute Gasteiger partial charge is 0.322 e. The Morgan fingerprint density at radius 1 is 1.24 bits per heavy atom. The number of hydrogen-bond donors (Lipinski definition) is 3. The maximum absolute atomic E-state index is 12.0. The van der Waals surface area contributed by atoms with Crippen LogP contribution in [0.2, 0.25) is 0 Å². The molecule has 0 aliphatic heterocycles.